The molecule has 0 radical (unpaired) electrons. The maximum Gasteiger partial charge on any atom is 0.405 e. The van der Waals surface area contributed by atoms with Crippen LogP contribution in [0.15, 0.2) is 54.6 Å². The lowest BCUT2D eigenvalue weighted by Gasteiger charge is -2.22. The van der Waals surface area contributed by atoms with Gasteiger partial charge in [0.25, 0.3) is 0 Å². The van der Waals surface area contributed by atoms with Crippen LogP contribution in [0.3, 0.4) is 0 Å². The molecule has 2 aromatic rings. The van der Waals surface area contributed by atoms with Gasteiger partial charge < -0.3 is 5.32 Å². The number of hydrogen-bond donors (Lipinski definition) is 3. The first-order chi connectivity index (χ1) is 12.7. The zero-order valence-corrected chi connectivity index (χ0v) is 14.4. The molecule has 0 aliphatic carbocycles. The van der Waals surface area contributed by atoms with E-state index in [0.29, 0.717) is 16.8 Å². The molecule has 142 valence electrons. The van der Waals surface area contributed by atoms with Crippen LogP contribution in [0.1, 0.15) is 29.3 Å². The third kappa shape index (κ3) is 4.17. The number of anilines is 1. The number of alkyl halides is 3. The fourth-order valence-corrected chi connectivity index (χ4v) is 2.83. The molecule has 1 amide bonds. The highest BCUT2D eigenvalue weighted by molar-refractivity contribution is 6.09. The second-order valence-corrected chi connectivity index (χ2v) is 6.63. The van der Waals surface area contributed by atoms with Gasteiger partial charge in [-0.05, 0) is 31.2 Å². The molecule has 0 aromatic heterocycles. The zero-order chi connectivity index (χ0) is 19.7. The number of halogens is 3. The Bertz CT molecular complexity index is 838. The molecule has 2 aromatic carbocycles. The number of carbonyl (C=O) groups excluding carboxylic acids is 2. The standard InChI is InChI=1S/C19H18F3N3O2/c1-18(11-15(24-25-18)19(20,21)22)17(27)23-14-9-7-13(8-10-14)16(26)12-5-3-2-4-6-12/h2-10,15,24-25H,11H2,1H3,(H,23,27). The number of nitrogens with one attached hydrogen (secondary N) is 3. The molecule has 0 saturated carbocycles. The maximum absolute atomic E-state index is 12.8. The van der Waals surface area contributed by atoms with Gasteiger partial charge in [-0.25, -0.2) is 10.9 Å². The summed E-state index contributed by atoms with van der Waals surface area (Å²) in [7, 11) is 0. The molecular formula is C19H18F3N3O2. The van der Waals surface area contributed by atoms with Gasteiger partial charge >= 0.3 is 6.18 Å². The monoisotopic (exact) mass is 377 g/mol. The van der Waals surface area contributed by atoms with Gasteiger partial charge in [0, 0.05) is 23.2 Å². The minimum atomic E-state index is -4.44. The summed E-state index contributed by atoms with van der Waals surface area (Å²) < 4.78 is 38.4. The summed E-state index contributed by atoms with van der Waals surface area (Å²) in [5.41, 5.74) is 4.52. The van der Waals surface area contributed by atoms with Crippen LogP contribution >= 0.6 is 0 Å². The van der Waals surface area contributed by atoms with E-state index in [4.69, 9.17) is 0 Å². The van der Waals surface area contributed by atoms with Crippen LogP contribution in [-0.2, 0) is 4.79 Å². The fourth-order valence-electron chi connectivity index (χ4n) is 2.83. The molecule has 1 heterocycles. The Balaban J connectivity index is 1.66. The minimum absolute atomic E-state index is 0.157. The van der Waals surface area contributed by atoms with E-state index >= 15 is 0 Å². The number of hydrazine groups is 1. The number of ketones is 1. The van der Waals surface area contributed by atoms with Crippen molar-refractivity contribution in [3.63, 3.8) is 0 Å². The molecule has 1 aliphatic rings. The van der Waals surface area contributed by atoms with Gasteiger partial charge in [-0.15, -0.1) is 0 Å². The summed E-state index contributed by atoms with van der Waals surface area (Å²) in [5, 5.41) is 2.58. The summed E-state index contributed by atoms with van der Waals surface area (Å²) in [5.74, 6) is -0.751. The van der Waals surface area contributed by atoms with E-state index in [9.17, 15) is 22.8 Å². The van der Waals surface area contributed by atoms with E-state index in [-0.39, 0.29) is 5.78 Å². The lowest BCUT2D eigenvalue weighted by atomic mass is 9.95. The molecule has 0 spiro atoms. The minimum Gasteiger partial charge on any atom is -0.324 e. The largest absolute Gasteiger partial charge is 0.405 e. The lowest BCUT2D eigenvalue weighted by Crippen LogP contribution is -2.51. The highest BCUT2D eigenvalue weighted by Crippen LogP contribution is 2.30. The van der Waals surface area contributed by atoms with Crippen LogP contribution in [-0.4, -0.2) is 29.4 Å². The van der Waals surface area contributed by atoms with E-state index in [1.54, 1.807) is 48.5 Å². The molecule has 0 bridgehead atoms. The third-order valence-electron chi connectivity index (χ3n) is 4.47. The Hall–Kier alpha value is -2.71. The summed E-state index contributed by atoms with van der Waals surface area (Å²) >= 11 is 0. The molecule has 1 saturated heterocycles. The van der Waals surface area contributed by atoms with Crippen molar-refractivity contribution in [3.05, 3.63) is 65.7 Å². The van der Waals surface area contributed by atoms with E-state index < -0.39 is 30.1 Å². The van der Waals surface area contributed by atoms with Crippen molar-refractivity contribution in [1.29, 1.82) is 0 Å². The van der Waals surface area contributed by atoms with Crippen molar-refractivity contribution < 1.29 is 22.8 Å². The van der Waals surface area contributed by atoms with E-state index in [2.05, 4.69) is 16.2 Å². The van der Waals surface area contributed by atoms with Crippen LogP contribution in [0, 0.1) is 0 Å². The van der Waals surface area contributed by atoms with Gasteiger partial charge in [-0.3, -0.25) is 9.59 Å². The van der Waals surface area contributed by atoms with Crippen LogP contribution in [0.4, 0.5) is 18.9 Å². The molecule has 3 rings (SSSR count). The zero-order valence-electron chi connectivity index (χ0n) is 14.4. The SMILES string of the molecule is CC1(C(=O)Nc2ccc(C(=O)c3ccccc3)cc2)CC(C(F)(F)F)NN1. The third-order valence-corrected chi connectivity index (χ3v) is 4.47. The van der Waals surface area contributed by atoms with E-state index in [1.807, 2.05) is 6.07 Å². The van der Waals surface area contributed by atoms with Crippen molar-refractivity contribution in [3.8, 4) is 0 Å². The van der Waals surface area contributed by atoms with E-state index in [1.165, 1.54) is 6.92 Å². The number of hydrogen-bond acceptors (Lipinski definition) is 4. The molecule has 8 heteroatoms. The highest BCUT2D eigenvalue weighted by atomic mass is 19.4. The lowest BCUT2D eigenvalue weighted by molar-refractivity contribution is -0.153. The summed E-state index contributed by atoms with van der Waals surface area (Å²) in [4.78, 5) is 24.8. The van der Waals surface area contributed by atoms with Crippen molar-refractivity contribution >= 4 is 17.4 Å². The van der Waals surface area contributed by atoms with Gasteiger partial charge in [-0.2, -0.15) is 13.2 Å². The molecule has 2 unspecified atom stereocenters. The van der Waals surface area contributed by atoms with Gasteiger partial charge in [0.2, 0.25) is 5.91 Å². The number of amides is 1. The normalized spacial score (nSPS) is 22.4. The first kappa shape index (κ1) is 19.1. The quantitative estimate of drug-likeness (QED) is 0.717. The number of rotatable bonds is 4. The van der Waals surface area contributed by atoms with Crippen molar-refractivity contribution in [2.24, 2.45) is 0 Å². The topological polar surface area (TPSA) is 70.2 Å². The average Bonchev–Trinajstić information content (AvgIpc) is 3.07. The van der Waals surface area contributed by atoms with Gasteiger partial charge in [0.1, 0.15) is 11.6 Å². The van der Waals surface area contributed by atoms with Gasteiger partial charge in [0.05, 0.1) is 0 Å². The Morgan fingerprint density at radius 1 is 1.04 bits per heavy atom. The Morgan fingerprint density at radius 2 is 1.63 bits per heavy atom. The van der Waals surface area contributed by atoms with E-state index in [0.717, 1.165) is 0 Å². The molecule has 1 fully saturated rings. The summed E-state index contributed by atoms with van der Waals surface area (Å²) in [6.07, 6.45) is -4.86. The molecule has 2 atom stereocenters. The average molecular weight is 377 g/mol. The first-order valence-electron chi connectivity index (χ1n) is 8.30. The van der Waals surface area contributed by atoms with Crippen LogP contribution in [0.5, 0.6) is 0 Å². The van der Waals surface area contributed by atoms with Crippen molar-refractivity contribution in [2.45, 2.75) is 31.1 Å². The van der Waals surface area contributed by atoms with Crippen LogP contribution in [0.25, 0.3) is 0 Å². The first-order valence-corrected chi connectivity index (χ1v) is 8.30. The Labute approximate surface area is 153 Å². The maximum atomic E-state index is 12.8. The second-order valence-electron chi connectivity index (χ2n) is 6.63. The second kappa shape index (κ2) is 7.13. The molecule has 3 N–H and O–H groups in total. The highest BCUT2D eigenvalue weighted by Gasteiger charge is 2.51. The van der Waals surface area contributed by atoms with Crippen molar-refractivity contribution in [2.75, 3.05) is 5.32 Å². The predicted molar refractivity (Wildman–Crippen MR) is 94.1 cm³/mol. The van der Waals surface area contributed by atoms with Crippen LogP contribution in [0.2, 0.25) is 0 Å². The van der Waals surface area contributed by atoms with Crippen LogP contribution < -0.4 is 16.2 Å². The predicted octanol–water partition coefficient (Wildman–Crippen LogP) is 3.04. The summed E-state index contributed by atoms with van der Waals surface area (Å²) in [6.45, 7) is 1.40. The molecule has 5 nitrogen and oxygen atoms in total. The summed E-state index contributed by atoms with van der Waals surface area (Å²) in [6, 6.07) is 13.2. The smallest absolute Gasteiger partial charge is 0.324 e. The molecule has 27 heavy (non-hydrogen) atoms. The number of carbonyl (C=O) groups is 2. The van der Waals surface area contributed by atoms with Gasteiger partial charge in [-0.1, -0.05) is 30.3 Å². The molecular weight excluding hydrogens is 359 g/mol. The number of benzene rings is 2. The van der Waals surface area contributed by atoms with Gasteiger partial charge in [0.15, 0.2) is 5.78 Å². The molecule has 1 aliphatic heterocycles. The van der Waals surface area contributed by atoms with Crippen molar-refractivity contribution in [1.82, 2.24) is 10.9 Å². The fraction of sp³-hybridized carbons (Fsp3) is 0.263. The Kier molecular flexibility index (Phi) is 5.03. The Morgan fingerprint density at radius 3 is 2.19 bits per heavy atom.